The van der Waals surface area contributed by atoms with Crippen molar-refractivity contribution in [1.82, 2.24) is 41.5 Å². The van der Waals surface area contributed by atoms with E-state index in [1.54, 1.807) is 56.5 Å². The minimum atomic E-state index is -1.77. The molecule has 2 aromatic carbocycles. The van der Waals surface area contributed by atoms with Crippen LogP contribution in [0, 0.1) is 18.3 Å². The van der Waals surface area contributed by atoms with Crippen LogP contribution in [-0.4, -0.2) is 115 Å². The molecule has 10 N–H and O–H groups in total. The van der Waals surface area contributed by atoms with Gasteiger partial charge in [0.25, 0.3) is 5.91 Å². The number of hydrogen-bond acceptors (Lipinski definition) is 12. The predicted octanol–water partition coefficient (Wildman–Crippen LogP) is 1.74. The summed E-state index contributed by atoms with van der Waals surface area (Å²) < 4.78 is 7.46. The summed E-state index contributed by atoms with van der Waals surface area (Å²) in [7, 11) is 0. The molecule has 0 saturated heterocycles. The average molecular weight is 1020 g/mol. The van der Waals surface area contributed by atoms with Crippen LogP contribution in [0.2, 0.25) is 0 Å². The Morgan fingerprint density at radius 1 is 0.699 bits per heavy atom. The summed E-state index contributed by atoms with van der Waals surface area (Å²) in [6.45, 7) is 12.4. The topological polar surface area (TPSA) is 336 Å². The maximum absolute atomic E-state index is 14.7. The van der Waals surface area contributed by atoms with Crippen LogP contribution in [0.1, 0.15) is 109 Å². The van der Waals surface area contributed by atoms with Crippen molar-refractivity contribution in [3.05, 3.63) is 89.5 Å². The third-order valence-corrected chi connectivity index (χ3v) is 11.6. The molecule has 0 radical (unpaired) electrons. The number of ketones is 1. The van der Waals surface area contributed by atoms with E-state index in [1.807, 2.05) is 51.1 Å². The molecule has 3 aromatic rings. The van der Waals surface area contributed by atoms with E-state index < -0.39 is 120 Å². The number of rotatable bonds is 31. The van der Waals surface area contributed by atoms with Crippen molar-refractivity contribution in [2.75, 3.05) is 0 Å². The van der Waals surface area contributed by atoms with E-state index in [-0.39, 0.29) is 44.9 Å². The molecule has 0 fully saturated rings. The first-order chi connectivity index (χ1) is 34.4. The third-order valence-electron chi connectivity index (χ3n) is 11.6. The Balaban J connectivity index is 2.04. The second-order valence-corrected chi connectivity index (χ2v) is 19.3. The molecule has 22 nitrogen and oxygen atoms in total. The summed E-state index contributed by atoms with van der Waals surface area (Å²) in [6.07, 6.45) is 1.65. The zero-order chi connectivity index (χ0) is 54.4. The number of Topliss-reactive ketones (excluding diaryl/α,β-unsaturated/α-hetero) is 1. The summed E-state index contributed by atoms with van der Waals surface area (Å²) in [5.41, 5.74) is 6.84. The molecule has 0 spiro atoms. The van der Waals surface area contributed by atoms with Gasteiger partial charge in [0.05, 0.1) is 31.8 Å². The number of benzene rings is 2. The van der Waals surface area contributed by atoms with Gasteiger partial charge in [0.1, 0.15) is 36.9 Å². The largest absolute Gasteiger partial charge is 0.481 e. The van der Waals surface area contributed by atoms with Crippen LogP contribution in [0.5, 0.6) is 0 Å². The van der Waals surface area contributed by atoms with Gasteiger partial charge in [-0.2, -0.15) is 0 Å². The lowest BCUT2D eigenvalue weighted by Crippen LogP contribution is -2.62. The van der Waals surface area contributed by atoms with Crippen LogP contribution in [0.25, 0.3) is 0 Å². The molecule has 0 aliphatic heterocycles. The minimum absolute atomic E-state index is 0.0486. The lowest BCUT2D eigenvalue weighted by molar-refractivity contribution is -0.142. The highest BCUT2D eigenvalue weighted by Crippen LogP contribution is 2.21. The van der Waals surface area contributed by atoms with Crippen LogP contribution in [0.4, 0.5) is 0 Å². The van der Waals surface area contributed by atoms with Gasteiger partial charge in [-0.05, 0) is 47.8 Å². The van der Waals surface area contributed by atoms with Crippen molar-refractivity contribution in [2.24, 2.45) is 17.1 Å². The zero-order valence-electron chi connectivity index (χ0n) is 42.5. The highest BCUT2D eigenvalue weighted by Gasteiger charge is 2.39. The van der Waals surface area contributed by atoms with Gasteiger partial charge >= 0.3 is 11.9 Å². The van der Waals surface area contributed by atoms with E-state index in [1.165, 1.54) is 12.5 Å². The Kier molecular flexibility index (Phi) is 23.9. The fourth-order valence-electron chi connectivity index (χ4n) is 7.57. The van der Waals surface area contributed by atoms with Crippen molar-refractivity contribution < 1.29 is 62.9 Å². The van der Waals surface area contributed by atoms with Crippen molar-refractivity contribution >= 4 is 59.1 Å². The predicted molar refractivity (Wildman–Crippen MR) is 265 cm³/mol. The zero-order valence-corrected chi connectivity index (χ0v) is 42.5. The summed E-state index contributed by atoms with van der Waals surface area (Å²) in [5.74, 6) is -10.5. The van der Waals surface area contributed by atoms with E-state index in [9.17, 15) is 53.1 Å². The van der Waals surface area contributed by atoms with Crippen molar-refractivity contribution in [3.63, 3.8) is 0 Å². The number of carbonyl (C=O) groups excluding carboxylic acids is 8. The van der Waals surface area contributed by atoms with Crippen LogP contribution in [0.3, 0.4) is 0 Å². The van der Waals surface area contributed by atoms with E-state index >= 15 is 0 Å². The number of carbonyl (C=O) groups is 10. The molecule has 1 unspecified atom stereocenters. The Bertz CT molecular complexity index is 2400. The second kappa shape index (κ2) is 29.1. The number of carboxylic acids is 2. The standard InChI is InChI=1S/C51H71N9O13/c1-8-9-19-35(43(66)45(52)67)55-46(68)36(22-30(2)3)58-50(72)44(51(5,6)7)59-49(71)37(23-33-18-14-13-15-31(33)4)56-47(69)38(57-48(70)39(25-42(64)65)54-40(61)20-21-41(62)63)24-34-26-53-28-60(34)29-73-27-32-16-11-10-12-17-32/h10-18,26,28,30,35-39,44H,8-9,19-25,27,29H2,1-7H3,(H2,52,67)(H,54,61)(H,55,68)(H,56,69)(H,57,70)(H,58,72)(H,59,71)(H,62,63)(H,64,65)/t35?,36-,37-,38-,39-,44+/m0/s1. The molecule has 0 saturated carbocycles. The highest BCUT2D eigenvalue weighted by atomic mass is 16.5. The number of unbranched alkanes of at least 4 members (excludes halogenated alkanes) is 1. The monoisotopic (exact) mass is 1020 g/mol. The van der Waals surface area contributed by atoms with Crippen molar-refractivity contribution in [1.29, 1.82) is 0 Å². The van der Waals surface area contributed by atoms with Gasteiger partial charge in [-0.15, -0.1) is 0 Å². The number of amides is 7. The van der Waals surface area contributed by atoms with Gasteiger partial charge in [-0.25, -0.2) is 4.98 Å². The van der Waals surface area contributed by atoms with Gasteiger partial charge in [0.2, 0.25) is 41.2 Å². The highest BCUT2D eigenvalue weighted by molar-refractivity contribution is 6.37. The molecule has 398 valence electrons. The summed E-state index contributed by atoms with van der Waals surface area (Å²) in [5, 5.41) is 34.3. The Hall–Kier alpha value is -7.49. The number of nitrogens with zero attached hydrogens (tertiary/aromatic N) is 2. The molecule has 7 amide bonds. The lowest BCUT2D eigenvalue weighted by atomic mass is 9.85. The Labute approximate surface area is 424 Å². The molecule has 0 aliphatic carbocycles. The maximum atomic E-state index is 14.7. The Morgan fingerprint density at radius 3 is 1.86 bits per heavy atom. The van der Waals surface area contributed by atoms with Gasteiger partial charge in [0, 0.05) is 31.2 Å². The van der Waals surface area contributed by atoms with Crippen LogP contribution in [0.15, 0.2) is 67.1 Å². The number of aromatic nitrogens is 2. The van der Waals surface area contributed by atoms with Gasteiger partial charge in [-0.3, -0.25) is 47.9 Å². The molecule has 22 heteroatoms. The van der Waals surface area contributed by atoms with Crippen molar-refractivity contribution in [2.45, 2.75) is 156 Å². The molecule has 73 heavy (non-hydrogen) atoms. The Morgan fingerprint density at radius 2 is 1.27 bits per heavy atom. The fourth-order valence-corrected chi connectivity index (χ4v) is 7.57. The molecule has 6 atom stereocenters. The lowest BCUT2D eigenvalue weighted by Gasteiger charge is -2.34. The fraction of sp³-hybridized carbons (Fsp3) is 0.510. The molecule has 0 aliphatic rings. The van der Waals surface area contributed by atoms with Gasteiger partial charge in [0.15, 0.2) is 0 Å². The molecular weight excluding hydrogens is 947 g/mol. The minimum Gasteiger partial charge on any atom is -0.481 e. The first kappa shape index (κ1) is 59.8. The smallest absolute Gasteiger partial charge is 0.305 e. The average Bonchev–Trinajstić information content (AvgIpc) is 3.76. The maximum Gasteiger partial charge on any atom is 0.305 e. The molecule has 0 bridgehead atoms. The van der Waals surface area contributed by atoms with Gasteiger partial charge < -0.3 is 57.2 Å². The van der Waals surface area contributed by atoms with E-state index in [2.05, 4.69) is 36.9 Å². The van der Waals surface area contributed by atoms with E-state index in [0.29, 0.717) is 24.1 Å². The van der Waals surface area contributed by atoms with E-state index in [0.717, 1.165) is 11.1 Å². The third kappa shape index (κ3) is 20.6. The summed E-state index contributed by atoms with van der Waals surface area (Å²) in [4.78, 5) is 136. The number of imidazole rings is 1. The number of carboxylic acid groups (broad SMARTS) is 2. The quantitative estimate of drug-likeness (QED) is 0.0415. The SMILES string of the molecule is CCCCC(NC(=O)[C@H](CC(C)C)NC(=O)[C@@H](NC(=O)[C@H](Cc1ccccc1C)NC(=O)[C@H](Cc1cncn1COCc1ccccc1)NC(=O)[C@H](CC(=O)O)NC(=O)CCC(=O)O)C(C)(C)C)C(=O)C(N)=O. The molecule has 3 rings (SSSR count). The first-order valence-corrected chi connectivity index (χ1v) is 24.1. The number of nitrogens with two attached hydrogens (primary N) is 1. The number of primary amides is 1. The normalized spacial score (nSPS) is 13.8. The number of nitrogens with one attached hydrogen (secondary N) is 6. The van der Waals surface area contributed by atoms with Crippen LogP contribution in [-0.2, 0) is 78.9 Å². The molecule has 1 aromatic heterocycles. The summed E-state index contributed by atoms with van der Waals surface area (Å²) in [6, 6.07) is 7.69. The number of hydrogen-bond donors (Lipinski definition) is 9. The number of aryl methyl sites for hydroxylation is 1. The number of aliphatic carboxylic acids is 2. The second-order valence-electron chi connectivity index (χ2n) is 19.3. The number of ether oxygens (including phenoxy) is 1. The van der Waals surface area contributed by atoms with E-state index in [4.69, 9.17) is 15.6 Å². The van der Waals surface area contributed by atoms with Gasteiger partial charge in [-0.1, -0.05) is 109 Å². The van der Waals surface area contributed by atoms with Crippen LogP contribution < -0.4 is 37.6 Å². The molecule has 1 heterocycles. The first-order valence-electron chi connectivity index (χ1n) is 24.1. The van der Waals surface area contributed by atoms with Crippen molar-refractivity contribution in [3.8, 4) is 0 Å². The molecular formula is C51H71N9O13. The summed E-state index contributed by atoms with van der Waals surface area (Å²) >= 11 is 0. The van der Waals surface area contributed by atoms with Crippen LogP contribution >= 0.6 is 0 Å².